The Morgan fingerprint density at radius 1 is 1.64 bits per heavy atom. The normalized spacial score (nSPS) is 10.6. The largest absolute Gasteiger partial charge is 0.477 e. The van der Waals surface area contributed by atoms with Crippen LogP contribution in [0.5, 0.6) is 0 Å². The fourth-order valence-corrected chi connectivity index (χ4v) is 1.21. The molecule has 74 valence electrons. The van der Waals surface area contributed by atoms with Gasteiger partial charge in [0, 0.05) is 11.5 Å². The molecule has 0 amide bonds. The minimum Gasteiger partial charge on any atom is -0.477 e. The Hall–Kier alpha value is -1.16. The Bertz CT molecular complexity index is 350. The van der Waals surface area contributed by atoms with Crippen LogP contribution in [0.4, 0.5) is 0 Å². The third-order valence-corrected chi connectivity index (χ3v) is 2.05. The SMILES string of the molecule is O=C(O)c1cc(C=CCCBr)ccn1. The van der Waals surface area contributed by atoms with Crippen LogP contribution in [0.25, 0.3) is 6.08 Å². The number of allylic oxidation sites excluding steroid dienone is 1. The van der Waals surface area contributed by atoms with Crippen molar-refractivity contribution in [1.82, 2.24) is 4.98 Å². The zero-order valence-electron chi connectivity index (χ0n) is 7.48. The van der Waals surface area contributed by atoms with E-state index in [0.29, 0.717) is 0 Å². The highest BCUT2D eigenvalue weighted by Gasteiger charge is 2.02. The highest BCUT2D eigenvalue weighted by Crippen LogP contribution is 2.05. The van der Waals surface area contributed by atoms with Crippen molar-refractivity contribution in [2.24, 2.45) is 0 Å². The van der Waals surface area contributed by atoms with Gasteiger partial charge in [-0.1, -0.05) is 28.1 Å². The first kappa shape index (κ1) is 10.9. The summed E-state index contributed by atoms with van der Waals surface area (Å²) in [7, 11) is 0. The van der Waals surface area contributed by atoms with Crippen molar-refractivity contribution < 1.29 is 9.90 Å². The van der Waals surface area contributed by atoms with E-state index in [1.807, 2.05) is 12.2 Å². The summed E-state index contributed by atoms with van der Waals surface area (Å²) in [6, 6.07) is 3.32. The Morgan fingerprint density at radius 2 is 2.43 bits per heavy atom. The summed E-state index contributed by atoms with van der Waals surface area (Å²) in [5, 5.41) is 9.59. The molecular formula is C10H10BrNO2. The first-order chi connectivity index (χ1) is 6.74. The first-order valence-electron chi connectivity index (χ1n) is 4.16. The lowest BCUT2D eigenvalue weighted by Gasteiger charge is -1.95. The van der Waals surface area contributed by atoms with Crippen molar-refractivity contribution in [3.63, 3.8) is 0 Å². The zero-order valence-corrected chi connectivity index (χ0v) is 9.07. The molecule has 14 heavy (non-hydrogen) atoms. The molecule has 1 rings (SSSR count). The molecule has 0 saturated heterocycles. The maximum atomic E-state index is 10.6. The molecule has 0 aromatic carbocycles. The molecule has 0 aliphatic rings. The Labute approximate surface area is 90.6 Å². The number of carbonyl (C=O) groups is 1. The molecule has 0 unspecified atom stereocenters. The fourth-order valence-electron chi connectivity index (χ4n) is 0.950. The molecule has 0 aliphatic carbocycles. The number of rotatable bonds is 4. The number of hydrogen-bond donors (Lipinski definition) is 1. The molecule has 0 fully saturated rings. The highest BCUT2D eigenvalue weighted by molar-refractivity contribution is 9.09. The molecule has 1 aromatic rings. The van der Waals surface area contributed by atoms with Gasteiger partial charge < -0.3 is 5.11 Å². The molecule has 0 saturated carbocycles. The van der Waals surface area contributed by atoms with Crippen LogP contribution in [-0.2, 0) is 0 Å². The molecule has 0 aliphatic heterocycles. The van der Waals surface area contributed by atoms with Gasteiger partial charge in [-0.25, -0.2) is 9.78 Å². The third kappa shape index (κ3) is 3.30. The summed E-state index contributed by atoms with van der Waals surface area (Å²) in [5.41, 5.74) is 0.935. The van der Waals surface area contributed by atoms with Crippen LogP contribution < -0.4 is 0 Å². The smallest absolute Gasteiger partial charge is 0.354 e. The molecule has 1 heterocycles. The van der Waals surface area contributed by atoms with Gasteiger partial charge >= 0.3 is 5.97 Å². The molecule has 0 radical (unpaired) electrons. The molecule has 3 nitrogen and oxygen atoms in total. The van der Waals surface area contributed by atoms with Gasteiger partial charge in [-0.05, 0) is 24.1 Å². The van der Waals surface area contributed by atoms with Crippen molar-refractivity contribution >= 4 is 28.0 Å². The van der Waals surface area contributed by atoms with Gasteiger partial charge in [0.15, 0.2) is 0 Å². The van der Waals surface area contributed by atoms with Crippen LogP contribution in [0.3, 0.4) is 0 Å². The third-order valence-electron chi connectivity index (χ3n) is 1.59. The minimum absolute atomic E-state index is 0.0750. The number of alkyl halides is 1. The van der Waals surface area contributed by atoms with E-state index in [4.69, 9.17) is 5.11 Å². The van der Waals surface area contributed by atoms with Crippen molar-refractivity contribution in [2.75, 3.05) is 5.33 Å². The maximum absolute atomic E-state index is 10.6. The highest BCUT2D eigenvalue weighted by atomic mass is 79.9. The summed E-state index contributed by atoms with van der Waals surface area (Å²) >= 11 is 3.30. The molecule has 0 bridgehead atoms. The number of hydrogen-bond acceptors (Lipinski definition) is 2. The van der Waals surface area contributed by atoms with E-state index in [2.05, 4.69) is 20.9 Å². The van der Waals surface area contributed by atoms with Gasteiger partial charge in [0.2, 0.25) is 0 Å². The number of nitrogens with zero attached hydrogens (tertiary/aromatic N) is 1. The average Bonchev–Trinajstić information content (AvgIpc) is 2.19. The summed E-state index contributed by atoms with van der Waals surface area (Å²) < 4.78 is 0. The number of halogens is 1. The average molecular weight is 256 g/mol. The molecule has 1 N–H and O–H groups in total. The standard InChI is InChI=1S/C10H10BrNO2/c11-5-2-1-3-8-4-6-12-9(7-8)10(13)14/h1,3-4,6-7H,2,5H2,(H,13,14). The molecule has 4 heteroatoms. The zero-order chi connectivity index (χ0) is 10.4. The number of aromatic nitrogens is 1. The van der Waals surface area contributed by atoms with Crippen molar-refractivity contribution in [3.05, 3.63) is 35.7 Å². The summed E-state index contributed by atoms with van der Waals surface area (Å²) in [4.78, 5) is 14.3. The second-order valence-electron chi connectivity index (χ2n) is 2.66. The second-order valence-corrected chi connectivity index (χ2v) is 3.45. The predicted octanol–water partition coefficient (Wildman–Crippen LogP) is 2.58. The fraction of sp³-hybridized carbons (Fsp3) is 0.200. The minimum atomic E-state index is -0.999. The number of pyridine rings is 1. The van der Waals surface area contributed by atoms with Crippen LogP contribution in [0.1, 0.15) is 22.5 Å². The Kier molecular flexibility index (Phi) is 4.32. The van der Waals surface area contributed by atoms with E-state index in [0.717, 1.165) is 17.3 Å². The van der Waals surface area contributed by atoms with E-state index in [1.165, 1.54) is 6.20 Å². The van der Waals surface area contributed by atoms with Crippen molar-refractivity contribution in [3.8, 4) is 0 Å². The molecule has 0 spiro atoms. The van der Waals surface area contributed by atoms with Crippen LogP contribution in [-0.4, -0.2) is 21.4 Å². The summed E-state index contributed by atoms with van der Waals surface area (Å²) in [5.74, 6) is -0.999. The monoisotopic (exact) mass is 255 g/mol. The van der Waals surface area contributed by atoms with Crippen LogP contribution in [0, 0.1) is 0 Å². The van der Waals surface area contributed by atoms with E-state index in [1.54, 1.807) is 12.1 Å². The van der Waals surface area contributed by atoms with E-state index in [-0.39, 0.29) is 5.69 Å². The van der Waals surface area contributed by atoms with Crippen LogP contribution >= 0.6 is 15.9 Å². The van der Waals surface area contributed by atoms with E-state index < -0.39 is 5.97 Å². The molecule has 0 atom stereocenters. The van der Waals surface area contributed by atoms with Crippen molar-refractivity contribution in [1.29, 1.82) is 0 Å². The molecular weight excluding hydrogens is 246 g/mol. The number of aromatic carboxylic acids is 1. The van der Waals surface area contributed by atoms with Gasteiger partial charge in [-0.3, -0.25) is 0 Å². The van der Waals surface area contributed by atoms with Crippen molar-refractivity contribution in [2.45, 2.75) is 6.42 Å². The van der Waals surface area contributed by atoms with E-state index >= 15 is 0 Å². The quantitative estimate of drug-likeness (QED) is 0.842. The second kappa shape index (κ2) is 5.54. The summed E-state index contributed by atoms with van der Waals surface area (Å²) in [6.07, 6.45) is 6.28. The van der Waals surface area contributed by atoms with Gasteiger partial charge in [0.05, 0.1) is 0 Å². The number of carboxylic acids is 1. The Balaban J connectivity index is 2.78. The maximum Gasteiger partial charge on any atom is 0.354 e. The lowest BCUT2D eigenvalue weighted by Crippen LogP contribution is -1.99. The number of carboxylic acid groups (broad SMARTS) is 1. The van der Waals surface area contributed by atoms with Crippen LogP contribution in [0.2, 0.25) is 0 Å². The molecule has 1 aromatic heterocycles. The lowest BCUT2D eigenvalue weighted by molar-refractivity contribution is 0.0690. The lowest BCUT2D eigenvalue weighted by atomic mass is 10.2. The van der Waals surface area contributed by atoms with Gasteiger partial charge in [-0.2, -0.15) is 0 Å². The Morgan fingerprint density at radius 3 is 3.07 bits per heavy atom. The van der Waals surface area contributed by atoms with Gasteiger partial charge in [-0.15, -0.1) is 0 Å². The van der Waals surface area contributed by atoms with E-state index in [9.17, 15) is 4.79 Å². The predicted molar refractivity (Wildman–Crippen MR) is 58.6 cm³/mol. The first-order valence-corrected chi connectivity index (χ1v) is 5.28. The van der Waals surface area contributed by atoms with Gasteiger partial charge in [0.25, 0.3) is 0 Å². The van der Waals surface area contributed by atoms with Crippen LogP contribution in [0.15, 0.2) is 24.4 Å². The summed E-state index contributed by atoms with van der Waals surface area (Å²) in [6.45, 7) is 0. The topological polar surface area (TPSA) is 50.2 Å². The van der Waals surface area contributed by atoms with Gasteiger partial charge in [0.1, 0.15) is 5.69 Å².